The summed E-state index contributed by atoms with van der Waals surface area (Å²) in [5.41, 5.74) is 0. The van der Waals surface area contributed by atoms with Crippen LogP contribution in [-0.2, 0) is 4.12 Å². The van der Waals surface area contributed by atoms with E-state index in [9.17, 15) is 0 Å². The van der Waals surface area contributed by atoms with Crippen LogP contribution < -0.4 is 0 Å². The Bertz CT molecular complexity index is 164. The SMILES string of the molecule is [SiH3]O[SiH]CCCC(C1CCC1)C1CCC1. The lowest BCUT2D eigenvalue weighted by molar-refractivity contribution is 0.0849. The fourth-order valence-electron chi connectivity index (χ4n) is 3.15. The Morgan fingerprint density at radius 1 is 1.13 bits per heavy atom. The van der Waals surface area contributed by atoms with Gasteiger partial charge < -0.3 is 4.12 Å². The van der Waals surface area contributed by atoms with Gasteiger partial charge >= 0.3 is 0 Å². The summed E-state index contributed by atoms with van der Waals surface area (Å²) in [7, 11) is 1.31. The third-order valence-corrected chi connectivity index (χ3v) is 6.51. The summed E-state index contributed by atoms with van der Waals surface area (Å²) < 4.78 is 5.35. The van der Waals surface area contributed by atoms with E-state index < -0.39 is 0 Å². The molecule has 2 saturated carbocycles. The van der Waals surface area contributed by atoms with Gasteiger partial charge in [0.2, 0.25) is 0 Å². The molecule has 2 aliphatic carbocycles. The van der Waals surface area contributed by atoms with Crippen LogP contribution in [0.5, 0.6) is 0 Å². The minimum Gasteiger partial charge on any atom is -0.466 e. The Kier molecular flexibility index (Phi) is 4.91. The van der Waals surface area contributed by atoms with E-state index in [0.717, 1.165) is 28.2 Å². The summed E-state index contributed by atoms with van der Waals surface area (Å²) in [4.78, 5) is 0. The highest BCUT2D eigenvalue weighted by Gasteiger charge is 2.35. The largest absolute Gasteiger partial charge is 0.466 e. The van der Waals surface area contributed by atoms with Crippen LogP contribution in [0.4, 0.5) is 0 Å². The van der Waals surface area contributed by atoms with E-state index in [1.807, 2.05) is 0 Å². The maximum atomic E-state index is 5.35. The Balaban J connectivity index is 1.67. The summed E-state index contributed by atoms with van der Waals surface area (Å²) >= 11 is 0. The van der Waals surface area contributed by atoms with E-state index in [2.05, 4.69) is 0 Å². The first-order valence-corrected chi connectivity index (χ1v) is 8.86. The molecule has 2 rings (SSSR count). The standard InChI is InChI=1S/C12H25OSi2/c14-13-15-9-3-8-12(10-4-1-5-10)11-6-2-7-11/h10-12,15H,1-9H2,14H3. The summed E-state index contributed by atoms with van der Waals surface area (Å²) in [5.74, 6) is 3.37. The van der Waals surface area contributed by atoms with Crippen LogP contribution in [0, 0.1) is 17.8 Å². The topological polar surface area (TPSA) is 9.23 Å². The van der Waals surface area contributed by atoms with Gasteiger partial charge in [0.05, 0.1) is 0 Å². The van der Waals surface area contributed by atoms with Crippen molar-refractivity contribution < 1.29 is 4.12 Å². The summed E-state index contributed by atoms with van der Waals surface area (Å²) in [6.07, 6.45) is 12.2. The van der Waals surface area contributed by atoms with Crippen molar-refractivity contribution >= 4 is 20.2 Å². The third kappa shape index (κ3) is 3.17. The summed E-state index contributed by atoms with van der Waals surface area (Å²) in [5, 5.41) is 0. The molecule has 0 bridgehead atoms. The molecule has 0 saturated heterocycles. The smallest absolute Gasteiger partial charge is 0.177 e. The van der Waals surface area contributed by atoms with Crippen molar-refractivity contribution in [1.82, 2.24) is 0 Å². The van der Waals surface area contributed by atoms with Gasteiger partial charge in [-0.2, -0.15) is 0 Å². The highest BCUT2D eigenvalue weighted by Crippen LogP contribution is 2.46. The molecule has 0 aromatic rings. The average Bonchev–Trinajstić information content (AvgIpc) is 2.06. The first-order chi connectivity index (χ1) is 7.42. The van der Waals surface area contributed by atoms with Gasteiger partial charge in [-0.3, -0.25) is 0 Å². The normalized spacial score (nSPS) is 23.0. The molecule has 2 fully saturated rings. The first kappa shape index (κ1) is 11.9. The minimum atomic E-state index is 0.358. The third-order valence-electron chi connectivity index (χ3n) is 4.54. The lowest BCUT2D eigenvalue weighted by atomic mass is 9.63. The van der Waals surface area contributed by atoms with Crippen molar-refractivity contribution in [1.29, 1.82) is 0 Å². The second-order valence-corrected chi connectivity index (χ2v) is 8.18. The lowest BCUT2D eigenvalue weighted by Gasteiger charge is -2.42. The molecular formula is C12H25OSi2. The van der Waals surface area contributed by atoms with Crippen molar-refractivity contribution in [2.45, 2.75) is 57.4 Å². The lowest BCUT2D eigenvalue weighted by Crippen LogP contribution is -2.32. The molecule has 0 atom stereocenters. The van der Waals surface area contributed by atoms with Crippen molar-refractivity contribution in [3.8, 4) is 0 Å². The van der Waals surface area contributed by atoms with Gasteiger partial charge in [0.1, 0.15) is 10.5 Å². The van der Waals surface area contributed by atoms with Gasteiger partial charge in [-0.15, -0.1) is 0 Å². The quantitative estimate of drug-likeness (QED) is 0.490. The molecule has 0 aromatic carbocycles. The molecular weight excluding hydrogens is 216 g/mol. The summed E-state index contributed by atoms with van der Waals surface area (Å²) in [6.45, 7) is 0. The van der Waals surface area contributed by atoms with Crippen LogP contribution in [0.25, 0.3) is 0 Å². The molecule has 0 amide bonds. The molecule has 1 nitrogen and oxygen atoms in total. The fourth-order valence-corrected chi connectivity index (χ4v) is 4.49. The van der Waals surface area contributed by atoms with Gasteiger partial charge in [0.15, 0.2) is 9.76 Å². The average molecular weight is 242 g/mol. The highest BCUT2D eigenvalue weighted by molar-refractivity contribution is 6.34. The number of rotatable bonds is 7. The molecule has 0 spiro atoms. The van der Waals surface area contributed by atoms with Gasteiger partial charge in [0.25, 0.3) is 0 Å². The van der Waals surface area contributed by atoms with Crippen molar-refractivity contribution in [3.63, 3.8) is 0 Å². The second-order valence-electron chi connectivity index (χ2n) is 5.38. The monoisotopic (exact) mass is 241 g/mol. The van der Waals surface area contributed by atoms with E-state index >= 15 is 0 Å². The van der Waals surface area contributed by atoms with Crippen LogP contribution in [-0.4, -0.2) is 20.2 Å². The van der Waals surface area contributed by atoms with Crippen molar-refractivity contribution in [2.75, 3.05) is 0 Å². The zero-order valence-corrected chi connectivity index (χ0v) is 13.2. The predicted molar refractivity (Wildman–Crippen MR) is 70.4 cm³/mol. The maximum absolute atomic E-state index is 5.35. The van der Waals surface area contributed by atoms with Crippen LogP contribution >= 0.6 is 0 Å². The highest BCUT2D eigenvalue weighted by atomic mass is 28.3. The Morgan fingerprint density at radius 3 is 2.13 bits per heavy atom. The van der Waals surface area contributed by atoms with Crippen LogP contribution in [0.3, 0.4) is 0 Å². The molecule has 0 aliphatic heterocycles. The van der Waals surface area contributed by atoms with E-state index in [0.29, 0.717) is 9.76 Å². The van der Waals surface area contributed by atoms with Crippen LogP contribution in [0.2, 0.25) is 6.04 Å². The van der Waals surface area contributed by atoms with Crippen molar-refractivity contribution in [3.05, 3.63) is 0 Å². The Morgan fingerprint density at radius 2 is 1.73 bits per heavy atom. The molecule has 0 unspecified atom stereocenters. The molecule has 87 valence electrons. The first-order valence-electron chi connectivity index (χ1n) is 6.76. The van der Waals surface area contributed by atoms with E-state index in [-0.39, 0.29) is 0 Å². The van der Waals surface area contributed by atoms with Crippen LogP contribution in [0.15, 0.2) is 0 Å². The Hall–Kier alpha value is 0.394. The zero-order chi connectivity index (χ0) is 10.5. The van der Waals surface area contributed by atoms with Crippen LogP contribution in [0.1, 0.15) is 51.4 Å². The number of hydrogen-bond acceptors (Lipinski definition) is 1. The second kappa shape index (κ2) is 6.21. The molecule has 0 N–H and O–H groups in total. The van der Waals surface area contributed by atoms with Gasteiger partial charge in [0, 0.05) is 0 Å². The molecule has 0 heterocycles. The van der Waals surface area contributed by atoms with Crippen molar-refractivity contribution in [2.24, 2.45) is 17.8 Å². The summed E-state index contributed by atoms with van der Waals surface area (Å²) in [6, 6.07) is 1.39. The number of hydrogen-bond donors (Lipinski definition) is 0. The molecule has 0 aromatic heterocycles. The molecule has 15 heavy (non-hydrogen) atoms. The van der Waals surface area contributed by atoms with E-state index in [4.69, 9.17) is 4.12 Å². The molecule has 2 aliphatic rings. The fraction of sp³-hybridized carbons (Fsp3) is 1.00. The minimum absolute atomic E-state index is 0.358. The zero-order valence-electron chi connectivity index (χ0n) is 10.1. The van der Waals surface area contributed by atoms with Gasteiger partial charge in [-0.25, -0.2) is 0 Å². The van der Waals surface area contributed by atoms with E-state index in [1.54, 1.807) is 25.7 Å². The molecule has 1 radical (unpaired) electrons. The van der Waals surface area contributed by atoms with Gasteiger partial charge in [-0.05, 0) is 23.8 Å². The Labute approximate surface area is 99.8 Å². The molecule has 3 heteroatoms. The van der Waals surface area contributed by atoms with E-state index in [1.165, 1.54) is 31.7 Å². The predicted octanol–water partition coefficient (Wildman–Crippen LogP) is 2.05. The van der Waals surface area contributed by atoms with Gasteiger partial charge in [-0.1, -0.05) is 51.4 Å². The maximum Gasteiger partial charge on any atom is 0.177 e.